The highest BCUT2D eigenvalue weighted by Gasteiger charge is 2.15. The fourth-order valence-electron chi connectivity index (χ4n) is 3.04. The fourth-order valence-corrected chi connectivity index (χ4v) is 3.04. The summed E-state index contributed by atoms with van der Waals surface area (Å²) < 4.78 is 1.95. The molecule has 0 atom stereocenters. The average Bonchev–Trinajstić information content (AvgIpc) is 3.20. The van der Waals surface area contributed by atoms with E-state index in [0.29, 0.717) is 22.9 Å². The van der Waals surface area contributed by atoms with Crippen molar-refractivity contribution >= 4 is 34.3 Å². The van der Waals surface area contributed by atoms with E-state index < -0.39 is 0 Å². The number of aromatic nitrogens is 5. The minimum absolute atomic E-state index is 0.472. The molecule has 0 unspecified atom stereocenters. The summed E-state index contributed by atoms with van der Waals surface area (Å²) in [6, 6.07) is 23.6. The van der Waals surface area contributed by atoms with E-state index in [1.54, 1.807) is 18.7 Å². The Bertz CT molecular complexity index is 1240. The standard InChI is InChI=1S/C22H17N7/c1-3-7-16(8-4-1)25-20-19-21(29(15-24-19)18-9-5-2-6-10-18)28-22(27-20)26-17-11-13-23-14-12-17/h1-15H,(H2,23,25,26,27,28). The maximum atomic E-state index is 4.73. The van der Waals surface area contributed by atoms with Crippen LogP contribution in [-0.4, -0.2) is 24.5 Å². The van der Waals surface area contributed by atoms with Gasteiger partial charge in [0.25, 0.3) is 0 Å². The van der Waals surface area contributed by atoms with Crippen molar-refractivity contribution in [3.8, 4) is 5.69 Å². The Hall–Kier alpha value is -4.26. The number of nitrogens with zero attached hydrogens (tertiary/aromatic N) is 5. The van der Waals surface area contributed by atoms with E-state index in [2.05, 4.69) is 25.6 Å². The molecule has 0 bridgehead atoms. The average molecular weight is 379 g/mol. The topological polar surface area (TPSA) is 80.6 Å². The number of hydrogen-bond donors (Lipinski definition) is 2. The van der Waals surface area contributed by atoms with Gasteiger partial charge in [0.15, 0.2) is 17.0 Å². The third kappa shape index (κ3) is 3.49. The molecule has 140 valence electrons. The van der Waals surface area contributed by atoms with Crippen molar-refractivity contribution in [1.29, 1.82) is 0 Å². The maximum Gasteiger partial charge on any atom is 0.231 e. The summed E-state index contributed by atoms with van der Waals surface area (Å²) in [5, 5.41) is 6.61. The van der Waals surface area contributed by atoms with Gasteiger partial charge in [-0.3, -0.25) is 9.55 Å². The Morgan fingerprint density at radius 2 is 1.38 bits per heavy atom. The summed E-state index contributed by atoms with van der Waals surface area (Å²) in [4.78, 5) is 18.0. The van der Waals surface area contributed by atoms with Crippen LogP contribution in [0.15, 0.2) is 91.5 Å². The number of pyridine rings is 1. The van der Waals surface area contributed by atoms with Gasteiger partial charge < -0.3 is 10.6 Å². The van der Waals surface area contributed by atoms with Crippen LogP contribution in [0.5, 0.6) is 0 Å². The number of rotatable bonds is 5. The Balaban J connectivity index is 1.64. The molecule has 7 nitrogen and oxygen atoms in total. The summed E-state index contributed by atoms with van der Waals surface area (Å²) in [6.45, 7) is 0. The molecule has 0 aliphatic carbocycles. The lowest BCUT2D eigenvalue weighted by molar-refractivity contribution is 1.06. The predicted molar refractivity (Wildman–Crippen MR) is 114 cm³/mol. The lowest BCUT2D eigenvalue weighted by atomic mass is 10.3. The number of para-hydroxylation sites is 2. The van der Waals surface area contributed by atoms with Crippen LogP contribution in [0, 0.1) is 0 Å². The first-order valence-corrected chi connectivity index (χ1v) is 9.16. The van der Waals surface area contributed by atoms with Crippen LogP contribution in [0.2, 0.25) is 0 Å². The zero-order valence-corrected chi connectivity index (χ0v) is 15.4. The number of imidazole rings is 1. The highest BCUT2D eigenvalue weighted by molar-refractivity contribution is 5.87. The molecule has 5 rings (SSSR count). The fraction of sp³-hybridized carbons (Fsp3) is 0. The zero-order valence-electron chi connectivity index (χ0n) is 15.4. The van der Waals surface area contributed by atoms with E-state index in [-0.39, 0.29) is 0 Å². The summed E-state index contributed by atoms with van der Waals surface area (Å²) >= 11 is 0. The lowest BCUT2D eigenvalue weighted by Crippen LogP contribution is -2.04. The summed E-state index contributed by atoms with van der Waals surface area (Å²) in [7, 11) is 0. The van der Waals surface area contributed by atoms with Crippen LogP contribution in [0.1, 0.15) is 0 Å². The highest BCUT2D eigenvalue weighted by Crippen LogP contribution is 2.27. The molecule has 5 aromatic rings. The first-order chi connectivity index (χ1) is 14.4. The molecule has 0 aliphatic heterocycles. The van der Waals surface area contributed by atoms with Crippen molar-refractivity contribution < 1.29 is 0 Å². The van der Waals surface area contributed by atoms with Gasteiger partial charge in [-0.25, -0.2) is 4.98 Å². The van der Waals surface area contributed by atoms with Gasteiger partial charge in [-0.2, -0.15) is 9.97 Å². The second-order valence-electron chi connectivity index (χ2n) is 6.37. The molecule has 0 spiro atoms. The molecule has 3 heterocycles. The second-order valence-corrected chi connectivity index (χ2v) is 6.37. The molecule has 29 heavy (non-hydrogen) atoms. The number of benzene rings is 2. The molecule has 2 aromatic carbocycles. The third-order valence-corrected chi connectivity index (χ3v) is 4.40. The van der Waals surface area contributed by atoms with Gasteiger partial charge in [-0.05, 0) is 36.4 Å². The highest BCUT2D eigenvalue weighted by atomic mass is 15.2. The SMILES string of the molecule is c1ccc(Nc2nc(Nc3ccncc3)nc3c2ncn3-c2ccccc2)cc1. The van der Waals surface area contributed by atoms with E-state index in [1.165, 1.54) is 0 Å². The minimum atomic E-state index is 0.472. The van der Waals surface area contributed by atoms with Gasteiger partial charge in [0, 0.05) is 29.5 Å². The normalized spacial score (nSPS) is 10.8. The largest absolute Gasteiger partial charge is 0.338 e. The minimum Gasteiger partial charge on any atom is -0.338 e. The molecule has 0 saturated carbocycles. The first-order valence-electron chi connectivity index (χ1n) is 9.16. The number of nitrogens with one attached hydrogen (secondary N) is 2. The molecule has 0 radical (unpaired) electrons. The molecular formula is C22H17N7. The van der Waals surface area contributed by atoms with Gasteiger partial charge in [0.1, 0.15) is 6.33 Å². The van der Waals surface area contributed by atoms with E-state index in [1.807, 2.05) is 77.4 Å². The molecule has 0 amide bonds. The number of fused-ring (bicyclic) bond motifs is 1. The summed E-state index contributed by atoms with van der Waals surface area (Å²) in [6.07, 6.45) is 5.21. The predicted octanol–water partition coefficient (Wildman–Crippen LogP) is 4.70. The van der Waals surface area contributed by atoms with Gasteiger partial charge in [-0.15, -0.1) is 0 Å². The maximum absolute atomic E-state index is 4.73. The van der Waals surface area contributed by atoms with Crippen molar-refractivity contribution in [1.82, 2.24) is 24.5 Å². The molecule has 3 aromatic heterocycles. The molecule has 0 fully saturated rings. The quantitative estimate of drug-likeness (QED) is 0.461. The molecule has 0 saturated heterocycles. The smallest absolute Gasteiger partial charge is 0.231 e. The molecule has 0 aliphatic rings. The number of anilines is 4. The van der Waals surface area contributed by atoms with Crippen molar-refractivity contribution in [2.75, 3.05) is 10.6 Å². The van der Waals surface area contributed by atoms with E-state index in [9.17, 15) is 0 Å². The second kappa shape index (κ2) is 7.40. The Morgan fingerprint density at radius 1 is 0.690 bits per heavy atom. The van der Waals surface area contributed by atoms with Crippen LogP contribution >= 0.6 is 0 Å². The van der Waals surface area contributed by atoms with E-state index in [0.717, 1.165) is 17.1 Å². The van der Waals surface area contributed by atoms with Gasteiger partial charge in [0.2, 0.25) is 5.95 Å². The van der Waals surface area contributed by atoms with Gasteiger partial charge >= 0.3 is 0 Å². The number of hydrogen-bond acceptors (Lipinski definition) is 6. The zero-order chi connectivity index (χ0) is 19.5. The Kier molecular flexibility index (Phi) is 4.31. The van der Waals surface area contributed by atoms with Crippen LogP contribution < -0.4 is 10.6 Å². The van der Waals surface area contributed by atoms with Crippen molar-refractivity contribution in [3.05, 3.63) is 91.5 Å². The third-order valence-electron chi connectivity index (χ3n) is 4.40. The molecule has 7 heteroatoms. The van der Waals surface area contributed by atoms with Crippen LogP contribution in [0.3, 0.4) is 0 Å². The van der Waals surface area contributed by atoms with E-state index in [4.69, 9.17) is 4.98 Å². The Morgan fingerprint density at radius 3 is 2.14 bits per heavy atom. The molecule has 2 N–H and O–H groups in total. The van der Waals surface area contributed by atoms with E-state index >= 15 is 0 Å². The van der Waals surface area contributed by atoms with Gasteiger partial charge in [0.05, 0.1) is 0 Å². The first kappa shape index (κ1) is 16.9. The van der Waals surface area contributed by atoms with Crippen LogP contribution in [0.25, 0.3) is 16.9 Å². The van der Waals surface area contributed by atoms with Crippen molar-refractivity contribution in [2.45, 2.75) is 0 Å². The Labute approximate surface area is 167 Å². The van der Waals surface area contributed by atoms with Crippen LogP contribution in [0.4, 0.5) is 23.1 Å². The monoisotopic (exact) mass is 379 g/mol. The summed E-state index contributed by atoms with van der Waals surface area (Å²) in [5.74, 6) is 1.10. The lowest BCUT2D eigenvalue weighted by Gasteiger charge is -2.11. The van der Waals surface area contributed by atoms with Crippen LogP contribution in [-0.2, 0) is 0 Å². The summed E-state index contributed by atoms with van der Waals surface area (Å²) in [5.41, 5.74) is 4.17. The molecular weight excluding hydrogens is 362 g/mol. The van der Waals surface area contributed by atoms with Gasteiger partial charge in [-0.1, -0.05) is 36.4 Å². The van der Waals surface area contributed by atoms with Crippen molar-refractivity contribution in [2.24, 2.45) is 0 Å². The van der Waals surface area contributed by atoms with Crippen molar-refractivity contribution in [3.63, 3.8) is 0 Å².